The first-order valence-corrected chi connectivity index (χ1v) is 11.6. The van der Waals surface area contributed by atoms with Gasteiger partial charge in [-0.05, 0) is 49.9 Å². The third kappa shape index (κ3) is 4.26. The highest BCUT2D eigenvalue weighted by Gasteiger charge is 2.40. The molecule has 3 aliphatic rings. The number of carbonyl (C=O) groups excluding carboxylic acids is 1. The Balaban J connectivity index is 1.18. The number of carbonyl (C=O) groups is 1. The van der Waals surface area contributed by atoms with Crippen LogP contribution in [0.1, 0.15) is 56.7 Å². The fraction of sp³-hybridized carbons (Fsp3) is 0.652. The minimum Gasteiger partial charge on any atom is -0.310 e. The van der Waals surface area contributed by atoms with Gasteiger partial charge in [0.25, 0.3) is 0 Å². The number of fused-ring (bicyclic) bond motifs is 1. The average molecular weight is 409 g/mol. The van der Waals surface area contributed by atoms with Gasteiger partial charge < -0.3 is 5.32 Å². The monoisotopic (exact) mass is 408 g/mol. The van der Waals surface area contributed by atoms with Crippen molar-refractivity contribution >= 4 is 11.7 Å². The maximum absolute atomic E-state index is 12.8. The Morgan fingerprint density at radius 3 is 2.80 bits per heavy atom. The van der Waals surface area contributed by atoms with Gasteiger partial charge in [-0.25, -0.2) is 4.68 Å². The Kier molecular flexibility index (Phi) is 5.79. The van der Waals surface area contributed by atoms with Gasteiger partial charge in [-0.2, -0.15) is 5.10 Å². The molecule has 0 bridgehead atoms. The van der Waals surface area contributed by atoms with E-state index in [1.54, 1.807) is 18.6 Å². The minimum absolute atomic E-state index is 0.0823. The van der Waals surface area contributed by atoms with Crippen LogP contribution in [0.5, 0.6) is 0 Å². The predicted molar refractivity (Wildman–Crippen MR) is 115 cm³/mol. The fourth-order valence-electron chi connectivity index (χ4n) is 6.01. The summed E-state index contributed by atoms with van der Waals surface area (Å²) in [6, 6.07) is 2.36. The highest BCUT2D eigenvalue weighted by atomic mass is 16.2. The number of nitrogens with one attached hydrogen (secondary N) is 1. The smallest absolute Gasteiger partial charge is 0.239 e. The van der Waals surface area contributed by atoms with Crippen LogP contribution in [-0.2, 0) is 11.2 Å². The molecule has 2 saturated carbocycles. The predicted octanol–water partition coefficient (Wildman–Crippen LogP) is 3.32. The molecule has 2 aromatic heterocycles. The molecule has 30 heavy (non-hydrogen) atoms. The standard InChI is InChI=1S/C23H32N6O/c30-23(27-22-8-9-26-29(22)20-6-1-2-7-20)16-28-14-18-5-3-4-17(21(18)15-28)12-19-13-24-10-11-25-19/h8-11,13,17-18,20-21H,1-7,12,14-16H2,(H,27,30)/t17-,18-,21-/m1/s1. The van der Waals surface area contributed by atoms with Crippen molar-refractivity contribution in [2.45, 2.75) is 57.4 Å². The molecule has 7 heteroatoms. The molecule has 7 nitrogen and oxygen atoms in total. The second kappa shape index (κ2) is 8.84. The Morgan fingerprint density at radius 1 is 1.07 bits per heavy atom. The summed E-state index contributed by atoms with van der Waals surface area (Å²) in [5.74, 6) is 2.95. The van der Waals surface area contributed by atoms with Crippen LogP contribution in [-0.4, -0.2) is 50.2 Å². The normalized spacial score (nSPS) is 27.3. The van der Waals surface area contributed by atoms with Gasteiger partial charge in [-0.3, -0.25) is 19.7 Å². The lowest BCUT2D eigenvalue weighted by atomic mass is 9.72. The average Bonchev–Trinajstić information content (AvgIpc) is 3.49. The van der Waals surface area contributed by atoms with Crippen LogP contribution in [0.15, 0.2) is 30.9 Å². The van der Waals surface area contributed by atoms with Crippen molar-refractivity contribution in [3.8, 4) is 0 Å². The summed E-state index contributed by atoms with van der Waals surface area (Å²) >= 11 is 0. The zero-order valence-electron chi connectivity index (χ0n) is 17.6. The third-order valence-corrected chi connectivity index (χ3v) is 7.39. The van der Waals surface area contributed by atoms with Gasteiger partial charge in [-0.1, -0.05) is 19.3 Å². The van der Waals surface area contributed by atoms with E-state index in [2.05, 4.69) is 25.3 Å². The van der Waals surface area contributed by atoms with Gasteiger partial charge >= 0.3 is 0 Å². The Hall–Kier alpha value is -2.28. The first-order valence-electron chi connectivity index (χ1n) is 11.6. The van der Waals surface area contributed by atoms with E-state index in [0.717, 1.165) is 43.9 Å². The highest BCUT2D eigenvalue weighted by molar-refractivity contribution is 5.91. The van der Waals surface area contributed by atoms with Crippen LogP contribution < -0.4 is 5.32 Å². The van der Waals surface area contributed by atoms with E-state index in [1.807, 2.05) is 16.9 Å². The molecule has 3 fully saturated rings. The largest absolute Gasteiger partial charge is 0.310 e. The minimum atomic E-state index is 0.0823. The van der Waals surface area contributed by atoms with Gasteiger partial charge in [-0.15, -0.1) is 0 Å². The van der Waals surface area contributed by atoms with Gasteiger partial charge in [0.1, 0.15) is 5.82 Å². The molecule has 5 rings (SSSR count). The summed E-state index contributed by atoms with van der Waals surface area (Å²) in [5.41, 5.74) is 1.10. The van der Waals surface area contributed by atoms with Crippen molar-refractivity contribution in [3.05, 3.63) is 36.5 Å². The van der Waals surface area contributed by atoms with Crippen LogP contribution in [0.3, 0.4) is 0 Å². The molecule has 0 unspecified atom stereocenters. The quantitative estimate of drug-likeness (QED) is 0.794. The molecular weight excluding hydrogens is 376 g/mol. The molecule has 1 aliphatic heterocycles. The van der Waals surface area contributed by atoms with Crippen molar-refractivity contribution < 1.29 is 4.79 Å². The van der Waals surface area contributed by atoms with E-state index in [1.165, 1.54) is 32.1 Å². The van der Waals surface area contributed by atoms with Crippen LogP contribution in [0, 0.1) is 17.8 Å². The van der Waals surface area contributed by atoms with E-state index < -0.39 is 0 Å². The van der Waals surface area contributed by atoms with Gasteiger partial charge in [0.2, 0.25) is 5.91 Å². The summed E-state index contributed by atoms with van der Waals surface area (Å²) in [6.07, 6.45) is 16.9. The molecule has 1 amide bonds. The number of aromatic nitrogens is 4. The number of likely N-dealkylation sites (tertiary alicyclic amines) is 1. The Morgan fingerprint density at radius 2 is 1.97 bits per heavy atom. The number of amides is 1. The second-order valence-electron chi connectivity index (χ2n) is 9.36. The lowest BCUT2D eigenvalue weighted by Gasteiger charge is -2.32. The zero-order chi connectivity index (χ0) is 20.3. The number of hydrogen-bond donors (Lipinski definition) is 1. The van der Waals surface area contributed by atoms with Crippen molar-refractivity contribution in [2.24, 2.45) is 17.8 Å². The SMILES string of the molecule is O=C(CN1C[C@H]2CCC[C@H](Cc3cnccn3)[C@H]2C1)Nc1ccnn1C1CCCC1. The Labute approximate surface area is 178 Å². The molecule has 0 radical (unpaired) electrons. The number of rotatable bonds is 6. The molecule has 3 atom stereocenters. The number of hydrogen-bond acceptors (Lipinski definition) is 5. The molecule has 160 valence electrons. The summed E-state index contributed by atoms with van der Waals surface area (Å²) in [6.45, 7) is 2.53. The lowest BCUT2D eigenvalue weighted by molar-refractivity contribution is -0.117. The van der Waals surface area contributed by atoms with Crippen LogP contribution >= 0.6 is 0 Å². The molecule has 2 aliphatic carbocycles. The van der Waals surface area contributed by atoms with E-state index in [0.29, 0.717) is 30.3 Å². The molecule has 1 saturated heterocycles. The topological polar surface area (TPSA) is 75.9 Å². The highest BCUT2D eigenvalue weighted by Crippen LogP contribution is 2.41. The zero-order valence-corrected chi connectivity index (χ0v) is 17.6. The van der Waals surface area contributed by atoms with Crippen LogP contribution in [0.4, 0.5) is 5.82 Å². The van der Waals surface area contributed by atoms with E-state index >= 15 is 0 Å². The molecular formula is C23H32N6O. The van der Waals surface area contributed by atoms with Gasteiger partial charge in [0, 0.05) is 37.7 Å². The summed E-state index contributed by atoms with van der Waals surface area (Å²) in [7, 11) is 0. The van der Waals surface area contributed by atoms with E-state index in [9.17, 15) is 4.79 Å². The van der Waals surface area contributed by atoms with Crippen molar-refractivity contribution in [2.75, 3.05) is 25.0 Å². The molecule has 0 aromatic carbocycles. The van der Waals surface area contributed by atoms with Gasteiger partial charge in [0.15, 0.2) is 0 Å². The maximum Gasteiger partial charge on any atom is 0.239 e. The second-order valence-corrected chi connectivity index (χ2v) is 9.36. The first kappa shape index (κ1) is 19.7. The lowest BCUT2D eigenvalue weighted by Crippen LogP contribution is -2.33. The summed E-state index contributed by atoms with van der Waals surface area (Å²) < 4.78 is 2.02. The van der Waals surface area contributed by atoms with Crippen molar-refractivity contribution in [1.82, 2.24) is 24.6 Å². The van der Waals surface area contributed by atoms with E-state index in [4.69, 9.17) is 0 Å². The summed E-state index contributed by atoms with van der Waals surface area (Å²) in [4.78, 5) is 23.9. The third-order valence-electron chi connectivity index (χ3n) is 7.39. The molecule has 3 heterocycles. The molecule has 0 spiro atoms. The number of nitrogens with zero attached hydrogens (tertiary/aromatic N) is 5. The van der Waals surface area contributed by atoms with E-state index in [-0.39, 0.29) is 5.91 Å². The fourth-order valence-corrected chi connectivity index (χ4v) is 6.01. The first-order chi connectivity index (χ1) is 14.8. The number of anilines is 1. The van der Waals surface area contributed by atoms with Crippen LogP contribution in [0.25, 0.3) is 0 Å². The molecule has 1 N–H and O–H groups in total. The van der Waals surface area contributed by atoms with Crippen LogP contribution in [0.2, 0.25) is 0 Å². The van der Waals surface area contributed by atoms with Crippen molar-refractivity contribution in [3.63, 3.8) is 0 Å². The Bertz CT molecular complexity index is 846. The molecule has 2 aromatic rings. The van der Waals surface area contributed by atoms with Crippen molar-refractivity contribution in [1.29, 1.82) is 0 Å². The van der Waals surface area contributed by atoms with Gasteiger partial charge in [0.05, 0.1) is 24.5 Å². The summed E-state index contributed by atoms with van der Waals surface area (Å²) in [5, 5.41) is 7.60. The maximum atomic E-state index is 12.8.